The molecule has 1 saturated heterocycles. The van der Waals surface area contributed by atoms with Crippen molar-refractivity contribution in [1.29, 1.82) is 0 Å². The monoisotopic (exact) mass is 287 g/mol. The Morgan fingerprint density at radius 1 is 1.29 bits per heavy atom. The first-order chi connectivity index (χ1) is 10.1. The number of para-hydroxylation sites is 2. The Hall–Kier alpha value is -1.92. The van der Waals surface area contributed by atoms with Gasteiger partial charge in [0, 0.05) is 26.2 Å². The van der Waals surface area contributed by atoms with E-state index in [1.807, 2.05) is 38.1 Å². The van der Waals surface area contributed by atoms with Crippen molar-refractivity contribution in [2.45, 2.75) is 19.4 Å². The Labute approximate surface area is 123 Å². The fourth-order valence-electron chi connectivity index (χ4n) is 2.64. The lowest BCUT2D eigenvalue weighted by Crippen LogP contribution is -2.58. The van der Waals surface area contributed by atoms with Crippen LogP contribution in [0.1, 0.15) is 13.8 Å². The van der Waals surface area contributed by atoms with Gasteiger partial charge in [0.15, 0.2) is 0 Å². The number of hydrogen-bond acceptors (Lipinski definition) is 4. The molecule has 6 nitrogen and oxygen atoms in total. The molecule has 3 rings (SSSR count). The third-order valence-corrected chi connectivity index (χ3v) is 4.08. The quantitative estimate of drug-likeness (QED) is 0.793. The second-order valence-electron chi connectivity index (χ2n) is 5.85. The van der Waals surface area contributed by atoms with Crippen molar-refractivity contribution in [2.75, 3.05) is 31.5 Å². The molecule has 0 aliphatic carbocycles. The average molecular weight is 287 g/mol. The Bertz CT molecular complexity index is 609. The number of anilines is 1. The summed E-state index contributed by atoms with van der Waals surface area (Å²) < 4.78 is 0. The first-order valence-electron chi connectivity index (χ1n) is 7.29. The smallest absolute Gasteiger partial charge is 0.246 e. The number of carbonyl (C=O) groups excluding carboxylic acids is 1. The maximum Gasteiger partial charge on any atom is 0.246 e. The topological polar surface area (TPSA) is 73.0 Å². The number of hydrogen-bond donors (Lipinski definition) is 3. The normalized spacial score (nSPS) is 17.0. The zero-order valence-corrected chi connectivity index (χ0v) is 12.4. The number of nitrogens with one attached hydrogen (secondary N) is 3. The average Bonchev–Trinajstić information content (AvgIpc) is 2.90. The fraction of sp³-hybridized carbons (Fsp3) is 0.467. The molecule has 1 aliphatic heterocycles. The van der Waals surface area contributed by atoms with Crippen LogP contribution in [0.3, 0.4) is 0 Å². The third-order valence-electron chi connectivity index (χ3n) is 4.08. The third kappa shape index (κ3) is 2.77. The first-order valence-corrected chi connectivity index (χ1v) is 7.29. The highest BCUT2D eigenvalue weighted by atomic mass is 16.2. The molecule has 0 spiro atoms. The van der Waals surface area contributed by atoms with Crippen molar-refractivity contribution in [3.8, 4) is 0 Å². The minimum Gasteiger partial charge on any atom is -0.324 e. The molecule has 0 saturated carbocycles. The minimum absolute atomic E-state index is 0.0385. The van der Waals surface area contributed by atoms with Gasteiger partial charge in [0.1, 0.15) is 0 Å². The van der Waals surface area contributed by atoms with Gasteiger partial charge in [-0.2, -0.15) is 0 Å². The van der Waals surface area contributed by atoms with Gasteiger partial charge < -0.3 is 10.3 Å². The number of aromatic nitrogens is 2. The van der Waals surface area contributed by atoms with Crippen molar-refractivity contribution in [3.05, 3.63) is 24.3 Å². The number of H-pyrrole nitrogens is 1. The van der Waals surface area contributed by atoms with E-state index in [4.69, 9.17) is 0 Å². The van der Waals surface area contributed by atoms with E-state index < -0.39 is 5.54 Å². The molecule has 3 N–H and O–H groups in total. The van der Waals surface area contributed by atoms with E-state index in [9.17, 15) is 4.79 Å². The molecule has 1 aliphatic rings. The number of nitrogens with zero attached hydrogens (tertiary/aromatic N) is 2. The van der Waals surface area contributed by atoms with Crippen molar-refractivity contribution >= 4 is 22.9 Å². The maximum absolute atomic E-state index is 12.6. The number of carbonyl (C=O) groups is 1. The highest BCUT2D eigenvalue weighted by Crippen LogP contribution is 2.19. The summed E-state index contributed by atoms with van der Waals surface area (Å²) in [7, 11) is 0. The number of amides is 1. The minimum atomic E-state index is -0.554. The van der Waals surface area contributed by atoms with Gasteiger partial charge in [0.2, 0.25) is 11.9 Å². The van der Waals surface area contributed by atoms with Gasteiger partial charge >= 0.3 is 0 Å². The van der Waals surface area contributed by atoms with Crippen molar-refractivity contribution in [2.24, 2.45) is 0 Å². The first kappa shape index (κ1) is 14.0. The molecule has 1 fully saturated rings. The van der Waals surface area contributed by atoms with Crippen LogP contribution in [0.15, 0.2) is 24.3 Å². The molecule has 1 aromatic heterocycles. The Morgan fingerprint density at radius 3 is 2.71 bits per heavy atom. The molecule has 1 amide bonds. The van der Waals surface area contributed by atoms with Crippen LogP contribution in [0.25, 0.3) is 11.0 Å². The van der Waals surface area contributed by atoms with Crippen molar-refractivity contribution in [1.82, 2.24) is 20.2 Å². The second-order valence-corrected chi connectivity index (χ2v) is 5.85. The zero-order chi connectivity index (χ0) is 14.9. The molecular formula is C15H21N5O. The van der Waals surface area contributed by atoms with Crippen LogP contribution in [-0.2, 0) is 4.79 Å². The summed E-state index contributed by atoms with van der Waals surface area (Å²) >= 11 is 0. The molecule has 0 bridgehead atoms. The predicted molar refractivity (Wildman–Crippen MR) is 83.2 cm³/mol. The van der Waals surface area contributed by atoms with Crippen LogP contribution in [0.5, 0.6) is 0 Å². The van der Waals surface area contributed by atoms with Gasteiger partial charge in [0.05, 0.1) is 16.6 Å². The molecule has 112 valence electrons. The summed E-state index contributed by atoms with van der Waals surface area (Å²) in [4.78, 5) is 22.3. The predicted octanol–water partition coefficient (Wildman–Crippen LogP) is 1.19. The summed E-state index contributed by atoms with van der Waals surface area (Å²) in [6, 6.07) is 7.73. The number of rotatable bonds is 3. The summed E-state index contributed by atoms with van der Waals surface area (Å²) in [6.07, 6.45) is 0. The molecule has 2 heterocycles. The van der Waals surface area contributed by atoms with Gasteiger partial charge in [-0.25, -0.2) is 4.98 Å². The van der Waals surface area contributed by atoms with E-state index in [0.29, 0.717) is 5.95 Å². The molecule has 0 atom stereocenters. The molecule has 0 unspecified atom stereocenters. The Kier molecular flexibility index (Phi) is 3.65. The van der Waals surface area contributed by atoms with E-state index in [0.717, 1.165) is 37.2 Å². The van der Waals surface area contributed by atoms with Gasteiger partial charge in [-0.05, 0) is 26.0 Å². The van der Waals surface area contributed by atoms with Crippen LogP contribution in [0.2, 0.25) is 0 Å². The molecule has 1 aromatic carbocycles. The summed E-state index contributed by atoms with van der Waals surface area (Å²) in [5, 5.41) is 6.20. The van der Waals surface area contributed by atoms with Crippen LogP contribution >= 0.6 is 0 Å². The number of piperazine rings is 1. The molecular weight excluding hydrogens is 266 g/mol. The van der Waals surface area contributed by atoms with E-state index in [1.165, 1.54) is 0 Å². The lowest BCUT2D eigenvalue weighted by atomic mass is 10.0. The molecule has 2 aromatic rings. The van der Waals surface area contributed by atoms with Gasteiger partial charge in [-0.1, -0.05) is 12.1 Å². The second kappa shape index (κ2) is 5.46. The summed E-state index contributed by atoms with van der Waals surface area (Å²) in [6.45, 7) is 7.50. The summed E-state index contributed by atoms with van der Waals surface area (Å²) in [5.74, 6) is 0.466. The van der Waals surface area contributed by atoms with E-state index in [-0.39, 0.29) is 5.91 Å². The number of aromatic amines is 1. The van der Waals surface area contributed by atoms with E-state index >= 15 is 0 Å². The van der Waals surface area contributed by atoms with Crippen LogP contribution in [-0.4, -0.2) is 52.5 Å². The van der Waals surface area contributed by atoms with Crippen LogP contribution in [0.4, 0.5) is 5.95 Å². The van der Waals surface area contributed by atoms with Crippen LogP contribution in [0, 0.1) is 0 Å². The van der Waals surface area contributed by atoms with Crippen molar-refractivity contribution in [3.63, 3.8) is 0 Å². The Balaban J connectivity index is 1.75. The number of benzene rings is 1. The standard InChI is InChI=1S/C15H21N5O/c1-15(2,20-9-7-16-8-10-20)13(21)19-14-17-11-5-3-4-6-12(11)18-14/h3-6,16H,7-10H2,1-2H3,(H2,17,18,19,21). The van der Waals surface area contributed by atoms with E-state index in [2.05, 4.69) is 25.5 Å². The summed E-state index contributed by atoms with van der Waals surface area (Å²) in [5.41, 5.74) is 1.22. The zero-order valence-electron chi connectivity index (χ0n) is 12.4. The molecule has 0 radical (unpaired) electrons. The number of fused-ring (bicyclic) bond motifs is 1. The highest BCUT2D eigenvalue weighted by molar-refractivity contribution is 5.97. The highest BCUT2D eigenvalue weighted by Gasteiger charge is 2.35. The van der Waals surface area contributed by atoms with Crippen LogP contribution < -0.4 is 10.6 Å². The van der Waals surface area contributed by atoms with E-state index in [1.54, 1.807) is 0 Å². The van der Waals surface area contributed by atoms with Gasteiger partial charge in [-0.15, -0.1) is 0 Å². The maximum atomic E-state index is 12.6. The van der Waals surface area contributed by atoms with Gasteiger partial charge in [0.25, 0.3) is 0 Å². The molecule has 6 heteroatoms. The molecule has 21 heavy (non-hydrogen) atoms. The lowest BCUT2D eigenvalue weighted by molar-refractivity contribution is -0.126. The largest absolute Gasteiger partial charge is 0.324 e. The SMILES string of the molecule is CC(C)(C(=O)Nc1nc2ccccc2[nH]1)N1CCNCC1. The van der Waals surface area contributed by atoms with Crippen molar-refractivity contribution < 1.29 is 4.79 Å². The number of imidazole rings is 1. The Morgan fingerprint density at radius 2 is 2.00 bits per heavy atom. The van der Waals surface area contributed by atoms with Gasteiger partial charge in [-0.3, -0.25) is 15.0 Å². The lowest BCUT2D eigenvalue weighted by Gasteiger charge is -2.39. The fourth-order valence-corrected chi connectivity index (χ4v) is 2.64.